The summed E-state index contributed by atoms with van der Waals surface area (Å²) in [4.78, 5) is 4.55. The monoisotopic (exact) mass is 221 g/mol. The second kappa shape index (κ2) is 5.48. The number of nitrogens with one attached hydrogen (secondary N) is 1. The standard InChI is InChI=1S/C13H23N3/c1-3-8-14-12-7-5-6-11(12)13-15-9-10-16(13)4-2/h9-12,14H,3-8H2,1-2H3. The first-order chi connectivity index (χ1) is 7.86. The molecule has 2 atom stereocenters. The van der Waals surface area contributed by atoms with Crippen LogP contribution in [0, 0.1) is 0 Å². The molecule has 90 valence electrons. The number of hydrogen-bond acceptors (Lipinski definition) is 2. The summed E-state index contributed by atoms with van der Waals surface area (Å²) in [5, 5.41) is 3.67. The zero-order valence-electron chi connectivity index (χ0n) is 10.4. The number of rotatable bonds is 5. The molecule has 0 aromatic carbocycles. The highest BCUT2D eigenvalue weighted by Gasteiger charge is 2.30. The van der Waals surface area contributed by atoms with Gasteiger partial charge in [0.15, 0.2) is 0 Å². The first kappa shape index (κ1) is 11.6. The molecule has 1 fully saturated rings. The van der Waals surface area contributed by atoms with Crippen LogP contribution in [0.4, 0.5) is 0 Å². The zero-order valence-corrected chi connectivity index (χ0v) is 10.4. The van der Waals surface area contributed by atoms with Crippen molar-refractivity contribution >= 4 is 0 Å². The summed E-state index contributed by atoms with van der Waals surface area (Å²) < 4.78 is 2.29. The Labute approximate surface area is 98.3 Å². The van der Waals surface area contributed by atoms with Crippen molar-refractivity contribution in [2.45, 2.75) is 58.0 Å². The van der Waals surface area contributed by atoms with Gasteiger partial charge in [0.25, 0.3) is 0 Å². The van der Waals surface area contributed by atoms with E-state index in [-0.39, 0.29) is 0 Å². The summed E-state index contributed by atoms with van der Waals surface area (Å²) in [7, 11) is 0. The number of nitrogens with zero attached hydrogens (tertiary/aromatic N) is 2. The Bertz CT molecular complexity index is 319. The van der Waals surface area contributed by atoms with E-state index < -0.39 is 0 Å². The fourth-order valence-corrected chi connectivity index (χ4v) is 2.76. The molecule has 0 bridgehead atoms. The molecule has 0 radical (unpaired) electrons. The number of aromatic nitrogens is 2. The Kier molecular flexibility index (Phi) is 3.99. The lowest BCUT2D eigenvalue weighted by atomic mass is 10.0. The van der Waals surface area contributed by atoms with E-state index in [1.54, 1.807) is 0 Å². The normalized spacial score (nSPS) is 25.1. The quantitative estimate of drug-likeness (QED) is 0.828. The molecule has 2 unspecified atom stereocenters. The third kappa shape index (κ3) is 2.29. The fraction of sp³-hybridized carbons (Fsp3) is 0.769. The smallest absolute Gasteiger partial charge is 0.113 e. The van der Waals surface area contributed by atoms with Gasteiger partial charge in [-0.2, -0.15) is 0 Å². The lowest BCUT2D eigenvalue weighted by Crippen LogP contribution is -2.33. The van der Waals surface area contributed by atoms with E-state index in [0.29, 0.717) is 12.0 Å². The highest BCUT2D eigenvalue weighted by molar-refractivity contribution is 5.07. The van der Waals surface area contributed by atoms with Gasteiger partial charge in [-0.15, -0.1) is 0 Å². The molecule has 0 saturated heterocycles. The van der Waals surface area contributed by atoms with Crippen LogP contribution in [0.5, 0.6) is 0 Å². The van der Waals surface area contributed by atoms with E-state index in [9.17, 15) is 0 Å². The molecule has 1 N–H and O–H groups in total. The molecule has 1 aromatic heterocycles. The van der Waals surface area contributed by atoms with Crippen molar-refractivity contribution in [2.75, 3.05) is 6.54 Å². The molecule has 16 heavy (non-hydrogen) atoms. The molecular weight excluding hydrogens is 198 g/mol. The minimum atomic E-state index is 0.626. The third-order valence-electron chi connectivity index (χ3n) is 3.59. The van der Waals surface area contributed by atoms with Gasteiger partial charge in [0, 0.05) is 30.9 Å². The Morgan fingerprint density at radius 2 is 2.31 bits per heavy atom. The van der Waals surface area contributed by atoms with Gasteiger partial charge in [0.05, 0.1) is 0 Å². The van der Waals surface area contributed by atoms with Crippen LogP contribution in [0.1, 0.15) is 51.3 Å². The van der Waals surface area contributed by atoms with Crippen LogP contribution in [0.3, 0.4) is 0 Å². The summed E-state index contributed by atoms with van der Waals surface area (Å²) in [6, 6.07) is 0.646. The van der Waals surface area contributed by atoms with E-state index in [2.05, 4.69) is 34.9 Å². The molecule has 3 nitrogen and oxygen atoms in total. The largest absolute Gasteiger partial charge is 0.335 e. The summed E-state index contributed by atoms with van der Waals surface area (Å²) in [5.41, 5.74) is 0. The zero-order chi connectivity index (χ0) is 11.4. The van der Waals surface area contributed by atoms with Crippen molar-refractivity contribution < 1.29 is 0 Å². The van der Waals surface area contributed by atoms with Gasteiger partial charge in [-0.05, 0) is 32.7 Å². The Morgan fingerprint density at radius 3 is 3.06 bits per heavy atom. The Hall–Kier alpha value is -0.830. The van der Waals surface area contributed by atoms with Crippen molar-refractivity contribution in [3.8, 4) is 0 Å². The molecule has 2 rings (SSSR count). The van der Waals surface area contributed by atoms with Gasteiger partial charge < -0.3 is 9.88 Å². The van der Waals surface area contributed by atoms with Crippen molar-refractivity contribution in [3.63, 3.8) is 0 Å². The number of hydrogen-bond donors (Lipinski definition) is 1. The molecule has 0 aliphatic heterocycles. The number of aryl methyl sites for hydroxylation is 1. The van der Waals surface area contributed by atoms with E-state index in [4.69, 9.17) is 0 Å². The van der Waals surface area contributed by atoms with Gasteiger partial charge in [0.2, 0.25) is 0 Å². The molecule has 1 aliphatic rings. The summed E-state index contributed by atoms with van der Waals surface area (Å²) in [6.07, 6.45) is 9.19. The highest BCUT2D eigenvalue weighted by atomic mass is 15.1. The predicted molar refractivity (Wildman–Crippen MR) is 66.6 cm³/mol. The maximum Gasteiger partial charge on any atom is 0.113 e. The van der Waals surface area contributed by atoms with Gasteiger partial charge in [-0.1, -0.05) is 13.3 Å². The van der Waals surface area contributed by atoms with E-state index in [1.807, 2.05) is 6.20 Å². The second-order valence-electron chi connectivity index (χ2n) is 4.67. The highest BCUT2D eigenvalue weighted by Crippen LogP contribution is 2.33. The first-order valence-corrected chi connectivity index (χ1v) is 6.61. The Morgan fingerprint density at radius 1 is 1.44 bits per heavy atom. The average molecular weight is 221 g/mol. The van der Waals surface area contributed by atoms with Crippen molar-refractivity contribution in [1.82, 2.24) is 14.9 Å². The first-order valence-electron chi connectivity index (χ1n) is 6.61. The molecular formula is C13H23N3. The minimum Gasteiger partial charge on any atom is -0.335 e. The van der Waals surface area contributed by atoms with Crippen LogP contribution >= 0.6 is 0 Å². The summed E-state index contributed by atoms with van der Waals surface area (Å²) >= 11 is 0. The average Bonchev–Trinajstić information content (AvgIpc) is 2.93. The molecule has 0 spiro atoms. The molecule has 1 heterocycles. The minimum absolute atomic E-state index is 0.626. The van der Waals surface area contributed by atoms with E-state index in [0.717, 1.165) is 13.1 Å². The van der Waals surface area contributed by atoms with Crippen LogP contribution in [-0.4, -0.2) is 22.1 Å². The lowest BCUT2D eigenvalue weighted by Gasteiger charge is -2.21. The maximum atomic E-state index is 4.55. The fourth-order valence-electron chi connectivity index (χ4n) is 2.76. The van der Waals surface area contributed by atoms with Crippen LogP contribution in [0.25, 0.3) is 0 Å². The predicted octanol–water partition coefficient (Wildman–Crippen LogP) is 2.54. The molecule has 1 saturated carbocycles. The van der Waals surface area contributed by atoms with Crippen molar-refractivity contribution in [2.24, 2.45) is 0 Å². The van der Waals surface area contributed by atoms with Crippen LogP contribution in [0.15, 0.2) is 12.4 Å². The molecule has 0 amide bonds. The van der Waals surface area contributed by atoms with Crippen LogP contribution in [0.2, 0.25) is 0 Å². The van der Waals surface area contributed by atoms with Gasteiger partial charge >= 0.3 is 0 Å². The maximum absolute atomic E-state index is 4.55. The van der Waals surface area contributed by atoms with Crippen LogP contribution in [-0.2, 0) is 6.54 Å². The topological polar surface area (TPSA) is 29.9 Å². The van der Waals surface area contributed by atoms with Crippen molar-refractivity contribution in [1.29, 1.82) is 0 Å². The molecule has 1 aliphatic carbocycles. The summed E-state index contributed by atoms with van der Waals surface area (Å²) in [6.45, 7) is 6.58. The second-order valence-corrected chi connectivity index (χ2v) is 4.67. The third-order valence-corrected chi connectivity index (χ3v) is 3.59. The van der Waals surface area contributed by atoms with E-state index >= 15 is 0 Å². The van der Waals surface area contributed by atoms with Crippen LogP contribution < -0.4 is 5.32 Å². The van der Waals surface area contributed by atoms with Gasteiger partial charge in [-0.25, -0.2) is 4.98 Å². The summed E-state index contributed by atoms with van der Waals surface area (Å²) in [5.74, 6) is 1.91. The molecule has 3 heteroatoms. The SMILES string of the molecule is CCCNC1CCCC1c1nccn1CC. The molecule has 1 aromatic rings. The lowest BCUT2D eigenvalue weighted by molar-refractivity contribution is 0.453. The van der Waals surface area contributed by atoms with E-state index in [1.165, 1.54) is 31.5 Å². The Balaban J connectivity index is 2.07. The number of imidazole rings is 1. The van der Waals surface area contributed by atoms with Gasteiger partial charge in [-0.3, -0.25) is 0 Å². The van der Waals surface area contributed by atoms with Gasteiger partial charge in [0.1, 0.15) is 5.82 Å². The van der Waals surface area contributed by atoms with Crippen molar-refractivity contribution in [3.05, 3.63) is 18.2 Å².